The molecule has 0 saturated carbocycles. The molecule has 0 saturated heterocycles. The van der Waals surface area contributed by atoms with Crippen LogP contribution < -0.4 is 4.90 Å². The Kier molecular flexibility index (Phi) is 5.57. The molecule has 0 N–H and O–H groups in total. The van der Waals surface area contributed by atoms with Gasteiger partial charge in [0.1, 0.15) is 0 Å². The zero-order valence-electron chi connectivity index (χ0n) is 12.7. The molecule has 0 aromatic heterocycles. The number of hydrogen-bond acceptors (Lipinski definition) is 2. The maximum atomic E-state index is 12.4. The van der Waals surface area contributed by atoms with Crippen LogP contribution in [0.4, 0.5) is 5.69 Å². The second kappa shape index (κ2) is 7.21. The summed E-state index contributed by atoms with van der Waals surface area (Å²) in [5.74, 6) is 0.290. The first kappa shape index (κ1) is 16.2. The number of carbonyl (C=O) groups excluding carboxylic acids is 2. The lowest BCUT2D eigenvalue weighted by atomic mass is 9.96. The average molecular weight is 352 g/mol. The smallest absolute Gasteiger partial charge is 0.226 e. The van der Waals surface area contributed by atoms with Crippen molar-refractivity contribution in [3.63, 3.8) is 0 Å². The fourth-order valence-corrected chi connectivity index (χ4v) is 3.49. The summed E-state index contributed by atoms with van der Waals surface area (Å²) in [4.78, 5) is 26.1. The average Bonchev–Trinajstić information content (AvgIpc) is 2.52. The summed E-state index contributed by atoms with van der Waals surface area (Å²) in [5, 5.41) is 0. The number of Topliss-reactive ketones (excluding diaryl/α,β-unsaturated/α-hetero) is 1. The second-order valence-electron chi connectivity index (χ2n) is 5.47. The van der Waals surface area contributed by atoms with E-state index in [2.05, 4.69) is 22.9 Å². The van der Waals surface area contributed by atoms with Gasteiger partial charge < -0.3 is 4.90 Å². The van der Waals surface area contributed by atoms with Crippen LogP contribution >= 0.6 is 15.9 Å². The maximum absolute atomic E-state index is 12.4. The largest absolute Gasteiger partial charge is 0.312 e. The van der Waals surface area contributed by atoms with Crippen LogP contribution in [0.15, 0.2) is 18.2 Å². The maximum Gasteiger partial charge on any atom is 0.226 e. The van der Waals surface area contributed by atoms with Gasteiger partial charge in [0.15, 0.2) is 5.78 Å². The van der Waals surface area contributed by atoms with Crippen molar-refractivity contribution in [2.24, 2.45) is 0 Å². The van der Waals surface area contributed by atoms with Gasteiger partial charge in [0.05, 0.1) is 4.83 Å². The topological polar surface area (TPSA) is 37.4 Å². The van der Waals surface area contributed by atoms with E-state index in [1.807, 2.05) is 30.0 Å². The number of anilines is 1. The Labute approximate surface area is 134 Å². The molecule has 1 aromatic rings. The summed E-state index contributed by atoms with van der Waals surface area (Å²) in [6.07, 6.45) is 4.23. The predicted molar refractivity (Wildman–Crippen MR) is 89.4 cm³/mol. The van der Waals surface area contributed by atoms with E-state index in [9.17, 15) is 9.59 Å². The number of alkyl halides is 1. The van der Waals surface area contributed by atoms with Crippen molar-refractivity contribution in [1.82, 2.24) is 0 Å². The van der Waals surface area contributed by atoms with Crippen molar-refractivity contribution in [2.75, 3.05) is 11.4 Å². The molecule has 0 fully saturated rings. The minimum atomic E-state index is -0.113. The number of rotatable bonds is 5. The lowest BCUT2D eigenvalue weighted by Gasteiger charge is -2.29. The van der Waals surface area contributed by atoms with Gasteiger partial charge in [-0.15, -0.1) is 0 Å². The number of halogens is 1. The van der Waals surface area contributed by atoms with Gasteiger partial charge in [-0.1, -0.05) is 36.2 Å². The van der Waals surface area contributed by atoms with Gasteiger partial charge in [0.25, 0.3) is 0 Å². The van der Waals surface area contributed by atoms with Crippen LogP contribution in [-0.2, 0) is 11.2 Å². The molecule has 21 heavy (non-hydrogen) atoms. The van der Waals surface area contributed by atoms with Crippen molar-refractivity contribution in [2.45, 2.75) is 50.8 Å². The van der Waals surface area contributed by atoms with Gasteiger partial charge in [-0.25, -0.2) is 0 Å². The van der Waals surface area contributed by atoms with E-state index in [0.29, 0.717) is 6.42 Å². The van der Waals surface area contributed by atoms with Crippen LogP contribution in [-0.4, -0.2) is 23.1 Å². The van der Waals surface area contributed by atoms with Crippen LogP contribution in [0.25, 0.3) is 0 Å². The zero-order chi connectivity index (χ0) is 15.4. The number of hydrogen-bond donors (Lipinski definition) is 0. The highest BCUT2D eigenvalue weighted by Crippen LogP contribution is 2.29. The highest BCUT2D eigenvalue weighted by Gasteiger charge is 2.23. The van der Waals surface area contributed by atoms with Crippen LogP contribution in [0.3, 0.4) is 0 Å². The highest BCUT2D eigenvalue weighted by molar-refractivity contribution is 9.10. The van der Waals surface area contributed by atoms with Crippen LogP contribution in [0, 0.1) is 0 Å². The van der Waals surface area contributed by atoms with Gasteiger partial charge in [-0.2, -0.15) is 0 Å². The third kappa shape index (κ3) is 3.54. The van der Waals surface area contributed by atoms with Gasteiger partial charge in [0, 0.05) is 24.2 Å². The summed E-state index contributed by atoms with van der Waals surface area (Å²) in [7, 11) is 0. The Morgan fingerprint density at radius 3 is 2.76 bits per heavy atom. The summed E-state index contributed by atoms with van der Waals surface area (Å²) in [6, 6.07) is 5.75. The molecule has 0 spiro atoms. The molecule has 1 aromatic carbocycles. The van der Waals surface area contributed by atoms with E-state index in [1.165, 1.54) is 0 Å². The summed E-state index contributed by atoms with van der Waals surface area (Å²) in [5.41, 5.74) is 2.84. The van der Waals surface area contributed by atoms with Gasteiger partial charge in [0.2, 0.25) is 5.91 Å². The predicted octanol–water partition coefficient (Wildman–Crippen LogP) is 4.12. The van der Waals surface area contributed by atoms with Crippen LogP contribution in [0.5, 0.6) is 0 Å². The molecule has 114 valence electrons. The number of amides is 1. The monoisotopic (exact) mass is 351 g/mol. The van der Waals surface area contributed by atoms with Crippen LogP contribution in [0.1, 0.15) is 55.5 Å². The molecule has 2 rings (SSSR count). The Hall–Kier alpha value is -1.16. The lowest BCUT2D eigenvalue weighted by Crippen LogP contribution is -2.35. The fraction of sp³-hybridized carbons (Fsp3) is 0.529. The molecule has 4 heteroatoms. The first-order chi connectivity index (χ1) is 10.1. The molecule has 1 unspecified atom stereocenters. The molecule has 3 nitrogen and oxygen atoms in total. The summed E-state index contributed by atoms with van der Waals surface area (Å²) in [6.45, 7) is 4.74. The summed E-state index contributed by atoms with van der Waals surface area (Å²) < 4.78 is 0. The molecule has 1 heterocycles. The highest BCUT2D eigenvalue weighted by atomic mass is 79.9. The zero-order valence-corrected chi connectivity index (χ0v) is 14.3. The van der Waals surface area contributed by atoms with E-state index in [1.54, 1.807) is 0 Å². The van der Waals surface area contributed by atoms with Crippen molar-refractivity contribution < 1.29 is 9.59 Å². The van der Waals surface area contributed by atoms with Crippen LogP contribution in [0.2, 0.25) is 0 Å². The standard InChI is InChI=1S/C17H22BrNO2/c1-3-6-14(18)17(21)13-8-9-15-12(11-13)7-5-10-19(15)16(20)4-2/h8-9,11,14H,3-7,10H2,1-2H3. The number of fused-ring (bicyclic) bond motifs is 1. The SMILES string of the molecule is CCCC(Br)C(=O)c1ccc2c(c1)CCCN2C(=O)CC. The number of benzene rings is 1. The summed E-state index contributed by atoms with van der Waals surface area (Å²) >= 11 is 3.47. The normalized spacial score (nSPS) is 15.5. The van der Waals surface area contributed by atoms with Gasteiger partial charge in [-0.05, 0) is 43.0 Å². The van der Waals surface area contributed by atoms with Crippen molar-refractivity contribution in [3.05, 3.63) is 29.3 Å². The molecule has 0 aliphatic carbocycles. The Bertz CT molecular complexity index is 542. The number of nitrogens with zero attached hydrogens (tertiary/aromatic N) is 1. The number of aryl methyl sites for hydroxylation is 1. The quantitative estimate of drug-likeness (QED) is 0.590. The molecule has 1 amide bonds. The minimum absolute atomic E-state index is 0.113. The van der Waals surface area contributed by atoms with Crippen molar-refractivity contribution >= 4 is 33.3 Å². The molecule has 0 radical (unpaired) electrons. The molecule has 1 atom stereocenters. The molecular formula is C17H22BrNO2. The molecule has 1 aliphatic rings. The van der Waals surface area contributed by atoms with E-state index >= 15 is 0 Å². The molecular weight excluding hydrogens is 330 g/mol. The second-order valence-corrected chi connectivity index (χ2v) is 6.57. The lowest BCUT2D eigenvalue weighted by molar-refractivity contribution is -0.118. The minimum Gasteiger partial charge on any atom is -0.312 e. The number of ketones is 1. The third-order valence-electron chi connectivity index (χ3n) is 3.91. The van der Waals surface area contributed by atoms with Crippen molar-refractivity contribution in [3.8, 4) is 0 Å². The molecule has 1 aliphatic heterocycles. The third-order valence-corrected chi connectivity index (χ3v) is 4.79. The fourth-order valence-electron chi connectivity index (χ4n) is 2.77. The molecule has 0 bridgehead atoms. The Balaban J connectivity index is 2.27. The Morgan fingerprint density at radius 1 is 1.33 bits per heavy atom. The first-order valence-corrected chi connectivity index (χ1v) is 8.61. The Morgan fingerprint density at radius 2 is 2.10 bits per heavy atom. The first-order valence-electron chi connectivity index (χ1n) is 7.70. The van der Waals surface area contributed by atoms with E-state index in [4.69, 9.17) is 0 Å². The van der Waals surface area contributed by atoms with Gasteiger partial charge >= 0.3 is 0 Å². The van der Waals surface area contributed by atoms with E-state index in [-0.39, 0.29) is 16.5 Å². The van der Waals surface area contributed by atoms with E-state index in [0.717, 1.165) is 49.0 Å². The number of carbonyl (C=O) groups is 2. The van der Waals surface area contributed by atoms with Crippen molar-refractivity contribution in [1.29, 1.82) is 0 Å². The van der Waals surface area contributed by atoms with Gasteiger partial charge in [-0.3, -0.25) is 9.59 Å². The van der Waals surface area contributed by atoms with E-state index < -0.39 is 0 Å².